The molecular formula is C12H17BrFN3. The lowest BCUT2D eigenvalue weighted by Crippen LogP contribution is -2.26. The minimum absolute atomic E-state index is 0.488. The molecule has 0 amide bonds. The zero-order valence-electron chi connectivity index (χ0n) is 9.75. The van der Waals surface area contributed by atoms with Gasteiger partial charge in [-0.2, -0.15) is 0 Å². The van der Waals surface area contributed by atoms with Crippen molar-refractivity contribution >= 4 is 21.7 Å². The fourth-order valence-electron chi connectivity index (χ4n) is 2.08. The summed E-state index contributed by atoms with van der Waals surface area (Å²) in [6.45, 7) is 3.71. The highest BCUT2D eigenvalue weighted by molar-refractivity contribution is 9.10. The molecule has 94 valence electrons. The molecule has 0 spiro atoms. The Labute approximate surface area is 110 Å². The molecule has 1 aromatic heterocycles. The summed E-state index contributed by atoms with van der Waals surface area (Å²) in [6, 6.07) is 1.77. The first kappa shape index (κ1) is 12.8. The number of pyridine rings is 1. The Kier molecular flexibility index (Phi) is 4.74. The Balaban J connectivity index is 1.85. The van der Waals surface area contributed by atoms with E-state index in [9.17, 15) is 4.39 Å². The van der Waals surface area contributed by atoms with E-state index in [2.05, 4.69) is 31.1 Å². The zero-order chi connectivity index (χ0) is 12.1. The van der Waals surface area contributed by atoms with Gasteiger partial charge in [-0.1, -0.05) is 0 Å². The highest BCUT2D eigenvalue weighted by atomic mass is 79.9. The quantitative estimate of drug-likeness (QED) is 0.906. The molecule has 0 unspecified atom stereocenters. The molecule has 0 atom stereocenters. The topological polar surface area (TPSA) is 28.2 Å². The monoisotopic (exact) mass is 301 g/mol. The summed E-state index contributed by atoms with van der Waals surface area (Å²) in [5, 5.41) is 3.20. The van der Waals surface area contributed by atoms with Gasteiger partial charge in [-0.05, 0) is 47.9 Å². The van der Waals surface area contributed by atoms with E-state index in [-0.39, 0.29) is 0 Å². The zero-order valence-corrected chi connectivity index (χ0v) is 11.3. The van der Waals surface area contributed by atoms with Gasteiger partial charge in [0.05, 0.1) is 0 Å². The van der Waals surface area contributed by atoms with Crippen molar-refractivity contribution in [2.75, 3.05) is 31.5 Å². The van der Waals surface area contributed by atoms with E-state index in [0.29, 0.717) is 11.4 Å². The Morgan fingerprint density at radius 3 is 2.88 bits per heavy atom. The van der Waals surface area contributed by atoms with Gasteiger partial charge in [0.15, 0.2) is 0 Å². The molecule has 0 bridgehead atoms. The molecule has 17 heavy (non-hydrogen) atoms. The highest BCUT2D eigenvalue weighted by Gasteiger charge is 2.11. The van der Waals surface area contributed by atoms with Crippen LogP contribution >= 0.6 is 15.9 Å². The van der Waals surface area contributed by atoms with Crippen LogP contribution in [0.1, 0.15) is 18.4 Å². The minimum atomic E-state index is -0.488. The number of hydrogen-bond acceptors (Lipinski definition) is 3. The van der Waals surface area contributed by atoms with Crippen molar-refractivity contribution in [3.8, 4) is 0 Å². The van der Waals surface area contributed by atoms with Crippen LogP contribution in [-0.4, -0.2) is 36.1 Å². The SMILES string of the molecule is FCc1cc(Br)cnc1NCCN1CCCC1. The van der Waals surface area contributed by atoms with Gasteiger partial charge in [0.1, 0.15) is 12.5 Å². The van der Waals surface area contributed by atoms with Crippen molar-refractivity contribution in [3.63, 3.8) is 0 Å². The van der Waals surface area contributed by atoms with Crippen LogP contribution in [0.3, 0.4) is 0 Å². The normalized spacial score (nSPS) is 16.4. The van der Waals surface area contributed by atoms with Crippen LogP contribution in [0.5, 0.6) is 0 Å². The molecule has 5 heteroatoms. The standard InChI is InChI=1S/C12H17BrFN3/c13-11-7-10(8-14)12(16-9-11)15-3-6-17-4-1-2-5-17/h7,9H,1-6,8H2,(H,15,16). The second-order valence-electron chi connectivity index (χ2n) is 4.27. The smallest absolute Gasteiger partial charge is 0.131 e. The first-order valence-corrected chi connectivity index (χ1v) is 6.75. The van der Waals surface area contributed by atoms with Crippen LogP contribution in [0.2, 0.25) is 0 Å². The highest BCUT2D eigenvalue weighted by Crippen LogP contribution is 2.18. The molecule has 0 aromatic carbocycles. The van der Waals surface area contributed by atoms with Crippen LogP contribution in [-0.2, 0) is 6.67 Å². The number of nitrogens with one attached hydrogen (secondary N) is 1. The first-order valence-electron chi connectivity index (χ1n) is 5.96. The molecule has 0 aliphatic carbocycles. The molecule has 2 rings (SSSR count). The van der Waals surface area contributed by atoms with Crippen molar-refractivity contribution in [2.45, 2.75) is 19.5 Å². The number of aromatic nitrogens is 1. The van der Waals surface area contributed by atoms with E-state index < -0.39 is 6.67 Å². The van der Waals surface area contributed by atoms with E-state index in [1.165, 1.54) is 25.9 Å². The van der Waals surface area contributed by atoms with Crippen molar-refractivity contribution in [2.24, 2.45) is 0 Å². The summed E-state index contributed by atoms with van der Waals surface area (Å²) in [5.74, 6) is 0.662. The molecule has 1 saturated heterocycles. The van der Waals surface area contributed by atoms with Gasteiger partial charge < -0.3 is 10.2 Å². The predicted molar refractivity (Wildman–Crippen MR) is 70.9 cm³/mol. The van der Waals surface area contributed by atoms with Gasteiger partial charge in [0, 0.05) is 29.3 Å². The number of likely N-dealkylation sites (tertiary alicyclic amines) is 1. The third-order valence-corrected chi connectivity index (χ3v) is 3.43. The number of rotatable bonds is 5. The number of alkyl halides is 1. The summed E-state index contributed by atoms with van der Waals surface area (Å²) in [7, 11) is 0. The van der Waals surface area contributed by atoms with E-state index >= 15 is 0 Å². The second-order valence-corrected chi connectivity index (χ2v) is 5.19. The summed E-state index contributed by atoms with van der Waals surface area (Å²) in [5.41, 5.74) is 0.612. The molecule has 1 aliphatic rings. The maximum Gasteiger partial charge on any atom is 0.131 e. The van der Waals surface area contributed by atoms with Crippen molar-refractivity contribution < 1.29 is 4.39 Å². The molecule has 1 aromatic rings. The summed E-state index contributed by atoms with van der Waals surface area (Å²) in [6.07, 6.45) is 4.29. The molecule has 1 fully saturated rings. The number of halogens is 2. The lowest BCUT2D eigenvalue weighted by atomic mass is 10.3. The van der Waals surface area contributed by atoms with Gasteiger partial charge >= 0.3 is 0 Å². The maximum absolute atomic E-state index is 12.8. The van der Waals surface area contributed by atoms with Crippen molar-refractivity contribution in [1.82, 2.24) is 9.88 Å². The largest absolute Gasteiger partial charge is 0.368 e. The fourth-order valence-corrected chi connectivity index (χ4v) is 2.46. The Hall–Kier alpha value is -0.680. The third kappa shape index (κ3) is 3.64. The third-order valence-electron chi connectivity index (χ3n) is 3.00. The predicted octanol–water partition coefficient (Wildman–Crippen LogP) is 2.82. The lowest BCUT2D eigenvalue weighted by molar-refractivity contribution is 0.352. The van der Waals surface area contributed by atoms with E-state index in [0.717, 1.165) is 17.6 Å². The average Bonchev–Trinajstić information content (AvgIpc) is 2.84. The molecule has 2 heterocycles. The van der Waals surface area contributed by atoms with Crippen molar-refractivity contribution in [3.05, 3.63) is 22.3 Å². The van der Waals surface area contributed by atoms with Crippen LogP contribution < -0.4 is 5.32 Å². The summed E-state index contributed by atoms with van der Waals surface area (Å²) < 4.78 is 13.6. The molecule has 1 aliphatic heterocycles. The van der Waals surface area contributed by atoms with Gasteiger partial charge in [0.2, 0.25) is 0 Å². The Morgan fingerprint density at radius 1 is 1.41 bits per heavy atom. The lowest BCUT2D eigenvalue weighted by Gasteiger charge is -2.15. The minimum Gasteiger partial charge on any atom is -0.368 e. The molecular weight excluding hydrogens is 285 g/mol. The molecule has 0 saturated carbocycles. The second kappa shape index (κ2) is 6.31. The Morgan fingerprint density at radius 2 is 2.18 bits per heavy atom. The van der Waals surface area contributed by atoms with Crippen LogP contribution in [0.4, 0.5) is 10.2 Å². The van der Waals surface area contributed by atoms with Crippen LogP contribution in [0.25, 0.3) is 0 Å². The van der Waals surface area contributed by atoms with Crippen LogP contribution in [0.15, 0.2) is 16.7 Å². The van der Waals surface area contributed by atoms with Gasteiger partial charge in [-0.25, -0.2) is 9.37 Å². The summed E-state index contributed by atoms with van der Waals surface area (Å²) >= 11 is 3.29. The first-order chi connectivity index (χ1) is 8.29. The Bertz CT molecular complexity index is 367. The van der Waals surface area contributed by atoms with Crippen molar-refractivity contribution in [1.29, 1.82) is 0 Å². The molecule has 1 N–H and O–H groups in total. The number of nitrogens with zero attached hydrogens (tertiary/aromatic N) is 2. The van der Waals surface area contributed by atoms with Gasteiger partial charge in [0.25, 0.3) is 0 Å². The fraction of sp³-hybridized carbons (Fsp3) is 0.583. The van der Waals surface area contributed by atoms with Gasteiger partial charge in [-0.3, -0.25) is 0 Å². The van der Waals surface area contributed by atoms with E-state index in [4.69, 9.17) is 0 Å². The van der Waals surface area contributed by atoms with Gasteiger partial charge in [-0.15, -0.1) is 0 Å². The van der Waals surface area contributed by atoms with E-state index in [1.807, 2.05) is 0 Å². The van der Waals surface area contributed by atoms with Crippen LogP contribution in [0, 0.1) is 0 Å². The summed E-state index contributed by atoms with van der Waals surface area (Å²) in [4.78, 5) is 6.61. The molecule has 0 radical (unpaired) electrons. The maximum atomic E-state index is 12.8. The number of anilines is 1. The average molecular weight is 302 g/mol. The molecule has 3 nitrogen and oxygen atoms in total. The number of hydrogen-bond donors (Lipinski definition) is 1. The van der Waals surface area contributed by atoms with E-state index in [1.54, 1.807) is 12.3 Å².